The summed E-state index contributed by atoms with van der Waals surface area (Å²) in [5, 5.41) is 9.02. The molecule has 0 aromatic carbocycles. The van der Waals surface area contributed by atoms with E-state index in [0.29, 0.717) is 18.4 Å². The van der Waals surface area contributed by atoms with E-state index in [1.807, 2.05) is 0 Å². The van der Waals surface area contributed by atoms with Gasteiger partial charge in [0.1, 0.15) is 0 Å². The van der Waals surface area contributed by atoms with Crippen molar-refractivity contribution in [3.8, 4) is 0 Å². The molecule has 1 heteroatoms. The van der Waals surface area contributed by atoms with Gasteiger partial charge in [0.15, 0.2) is 0 Å². The molecule has 2 rings (SSSR count). The van der Waals surface area contributed by atoms with Crippen LogP contribution in [0.1, 0.15) is 13.3 Å². The molecular weight excluding hydrogens is 124 g/mol. The third-order valence-corrected chi connectivity index (χ3v) is 3.26. The predicted molar refractivity (Wildman–Crippen MR) is 40.5 cm³/mol. The van der Waals surface area contributed by atoms with Crippen LogP contribution in [0.4, 0.5) is 0 Å². The van der Waals surface area contributed by atoms with Gasteiger partial charge in [-0.2, -0.15) is 0 Å². The van der Waals surface area contributed by atoms with Crippen LogP contribution < -0.4 is 0 Å². The summed E-state index contributed by atoms with van der Waals surface area (Å²) in [6.45, 7) is 2.64. The van der Waals surface area contributed by atoms with Crippen LogP contribution in [0.5, 0.6) is 0 Å². The molecule has 0 radical (unpaired) electrons. The fraction of sp³-hybridized carbons (Fsp3) is 0.778. The lowest BCUT2D eigenvalue weighted by atomic mass is 9.85. The van der Waals surface area contributed by atoms with Crippen LogP contribution in [0.3, 0.4) is 0 Å². The molecule has 1 fully saturated rings. The SMILES string of the molecule is C[C@@H]1[C@@H](CO)[C@@H]2C=C[C@H]1C2. The smallest absolute Gasteiger partial charge is 0.0467 e. The highest BCUT2D eigenvalue weighted by atomic mass is 16.3. The van der Waals surface area contributed by atoms with E-state index in [9.17, 15) is 0 Å². The Hall–Kier alpha value is -0.300. The maximum absolute atomic E-state index is 9.02. The van der Waals surface area contributed by atoms with Gasteiger partial charge in [-0.1, -0.05) is 19.1 Å². The van der Waals surface area contributed by atoms with E-state index in [1.54, 1.807) is 0 Å². The Labute approximate surface area is 61.8 Å². The van der Waals surface area contributed by atoms with E-state index in [2.05, 4.69) is 19.1 Å². The molecular formula is C9H14O. The molecule has 2 aliphatic rings. The van der Waals surface area contributed by atoms with Gasteiger partial charge in [-0.25, -0.2) is 0 Å². The lowest BCUT2D eigenvalue weighted by Crippen LogP contribution is -2.19. The second-order valence-electron chi connectivity index (χ2n) is 3.65. The fourth-order valence-electron chi connectivity index (χ4n) is 2.47. The summed E-state index contributed by atoms with van der Waals surface area (Å²) in [7, 11) is 0. The van der Waals surface area contributed by atoms with E-state index in [1.165, 1.54) is 6.42 Å². The van der Waals surface area contributed by atoms with E-state index in [0.717, 1.165) is 11.8 Å². The zero-order valence-corrected chi connectivity index (χ0v) is 6.33. The Balaban J connectivity index is 2.18. The zero-order chi connectivity index (χ0) is 7.14. The summed E-state index contributed by atoms with van der Waals surface area (Å²) in [6.07, 6.45) is 5.90. The Morgan fingerprint density at radius 2 is 2.10 bits per heavy atom. The van der Waals surface area contributed by atoms with E-state index < -0.39 is 0 Å². The summed E-state index contributed by atoms with van der Waals surface area (Å²) in [5.74, 6) is 2.77. The quantitative estimate of drug-likeness (QED) is 0.543. The van der Waals surface area contributed by atoms with Crippen molar-refractivity contribution in [3.63, 3.8) is 0 Å². The molecule has 0 amide bonds. The van der Waals surface area contributed by atoms with Gasteiger partial charge < -0.3 is 5.11 Å². The first kappa shape index (κ1) is 6.41. The molecule has 0 aromatic rings. The van der Waals surface area contributed by atoms with Gasteiger partial charge in [0.25, 0.3) is 0 Å². The molecule has 0 aliphatic heterocycles. The number of hydrogen-bond acceptors (Lipinski definition) is 1. The summed E-state index contributed by atoms with van der Waals surface area (Å²) in [5.41, 5.74) is 0. The highest BCUT2D eigenvalue weighted by molar-refractivity contribution is 5.12. The normalized spacial score (nSPS) is 50.6. The van der Waals surface area contributed by atoms with Crippen molar-refractivity contribution in [2.45, 2.75) is 13.3 Å². The maximum Gasteiger partial charge on any atom is 0.0467 e. The molecule has 2 bridgehead atoms. The molecule has 0 aromatic heterocycles. The standard InChI is InChI=1S/C9H14O/c1-6-7-2-3-8(4-7)9(6)5-10/h2-3,6-10H,4-5H2,1H3/t6-,7-,8+,9+/m0/s1. The van der Waals surface area contributed by atoms with Crippen molar-refractivity contribution >= 4 is 0 Å². The summed E-state index contributed by atoms with van der Waals surface area (Å²) in [4.78, 5) is 0. The van der Waals surface area contributed by atoms with Crippen molar-refractivity contribution in [1.82, 2.24) is 0 Å². The van der Waals surface area contributed by atoms with Gasteiger partial charge >= 0.3 is 0 Å². The van der Waals surface area contributed by atoms with Crippen molar-refractivity contribution in [3.05, 3.63) is 12.2 Å². The van der Waals surface area contributed by atoms with Crippen LogP contribution in [0, 0.1) is 23.7 Å². The zero-order valence-electron chi connectivity index (χ0n) is 6.33. The van der Waals surface area contributed by atoms with Crippen molar-refractivity contribution in [1.29, 1.82) is 0 Å². The van der Waals surface area contributed by atoms with Crippen LogP contribution in [-0.2, 0) is 0 Å². The molecule has 0 saturated heterocycles. The van der Waals surface area contributed by atoms with Gasteiger partial charge in [-0.15, -0.1) is 0 Å². The van der Waals surface area contributed by atoms with Crippen molar-refractivity contribution < 1.29 is 5.11 Å². The van der Waals surface area contributed by atoms with Crippen LogP contribution in [0.25, 0.3) is 0 Å². The predicted octanol–water partition coefficient (Wildman–Crippen LogP) is 1.44. The highest BCUT2D eigenvalue weighted by Gasteiger charge is 2.40. The molecule has 0 spiro atoms. The van der Waals surface area contributed by atoms with Crippen molar-refractivity contribution in [2.24, 2.45) is 23.7 Å². The van der Waals surface area contributed by atoms with Crippen molar-refractivity contribution in [2.75, 3.05) is 6.61 Å². The third-order valence-electron chi connectivity index (χ3n) is 3.26. The summed E-state index contributed by atoms with van der Waals surface area (Å²) >= 11 is 0. The highest BCUT2D eigenvalue weighted by Crippen LogP contribution is 2.47. The topological polar surface area (TPSA) is 20.2 Å². The molecule has 4 atom stereocenters. The second-order valence-corrected chi connectivity index (χ2v) is 3.65. The Kier molecular flexibility index (Phi) is 1.34. The van der Waals surface area contributed by atoms with Crippen LogP contribution in [0.15, 0.2) is 12.2 Å². The van der Waals surface area contributed by atoms with Crippen LogP contribution >= 0.6 is 0 Å². The summed E-state index contributed by atoms with van der Waals surface area (Å²) < 4.78 is 0. The minimum Gasteiger partial charge on any atom is -0.396 e. The molecule has 1 N–H and O–H groups in total. The fourth-order valence-corrected chi connectivity index (χ4v) is 2.47. The van der Waals surface area contributed by atoms with Gasteiger partial charge in [0, 0.05) is 6.61 Å². The summed E-state index contributed by atoms with van der Waals surface area (Å²) in [6, 6.07) is 0. The first-order valence-corrected chi connectivity index (χ1v) is 4.12. The third kappa shape index (κ3) is 0.671. The largest absolute Gasteiger partial charge is 0.396 e. The van der Waals surface area contributed by atoms with Gasteiger partial charge in [-0.3, -0.25) is 0 Å². The minimum absolute atomic E-state index is 0.382. The first-order valence-electron chi connectivity index (χ1n) is 4.12. The molecule has 56 valence electrons. The van der Waals surface area contributed by atoms with Gasteiger partial charge in [0.05, 0.1) is 0 Å². The minimum atomic E-state index is 0.382. The lowest BCUT2D eigenvalue weighted by molar-refractivity contribution is 0.172. The molecule has 0 heterocycles. The molecule has 0 unspecified atom stereocenters. The average molecular weight is 138 g/mol. The molecule has 1 nitrogen and oxygen atoms in total. The first-order chi connectivity index (χ1) is 4.83. The van der Waals surface area contributed by atoms with E-state index in [-0.39, 0.29) is 0 Å². The van der Waals surface area contributed by atoms with E-state index >= 15 is 0 Å². The molecule has 10 heavy (non-hydrogen) atoms. The Morgan fingerprint density at radius 3 is 2.50 bits per heavy atom. The van der Waals surface area contributed by atoms with E-state index in [4.69, 9.17) is 5.11 Å². The Bertz CT molecular complexity index is 162. The monoisotopic (exact) mass is 138 g/mol. The maximum atomic E-state index is 9.02. The average Bonchev–Trinajstić information content (AvgIpc) is 2.46. The number of allylic oxidation sites excluding steroid dienone is 2. The second kappa shape index (κ2) is 2.09. The van der Waals surface area contributed by atoms with Gasteiger partial charge in [0.2, 0.25) is 0 Å². The lowest BCUT2D eigenvalue weighted by Gasteiger charge is -2.21. The van der Waals surface area contributed by atoms with Gasteiger partial charge in [-0.05, 0) is 30.1 Å². The molecule has 1 saturated carbocycles. The number of fused-ring (bicyclic) bond motifs is 2. The number of rotatable bonds is 1. The number of hydrogen-bond donors (Lipinski definition) is 1. The number of aliphatic hydroxyl groups excluding tert-OH is 1. The van der Waals surface area contributed by atoms with Crippen LogP contribution in [-0.4, -0.2) is 11.7 Å². The molecule has 2 aliphatic carbocycles. The Morgan fingerprint density at radius 1 is 1.40 bits per heavy atom. The van der Waals surface area contributed by atoms with Crippen LogP contribution in [0.2, 0.25) is 0 Å². The number of aliphatic hydroxyl groups is 1.